The zero-order chi connectivity index (χ0) is 23.3. The molecule has 2 heterocycles. The van der Waals surface area contributed by atoms with E-state index < -0.39 is 23.9 Å². The highest BCUT2D eigenvalue weighted by molar-refractivity contribution is 7.15. The lowest BCUT2D eigenvalue weighted by molar-refractivity contribution is -0.123. The van der Waals surface area contributed by atoms with E-state index in [2.05, 4.69) is 26.7 Å². The molecule has 0 spiro atoms. The molecule has 0 aliphatic carbocycles. The maximum atomic E-state index is 12.9. The van der Waals surface area contributed by atoms with Crippen molar-refractivity contribution in [3.63, 3.8) is 0 Å². The van der Waals surface area contributed by atoms with Crippen molar-refractivity contribution in [3.05, 3.63) is 41.0 Å². The van der Waals surface area contributed by atoms with Crippen LogP contribution in [0, 0.1) is 17.2 Å². The summed E-state index contributed by atoms with van der Waals surface area (Å²) in [5.74, 6) is -0.0249. The molecule has 0 saturated heterocycles. The molecule has 2 aromatic heterocycles. The highest BCUT2D eigenvalue weighted by Gasteiger charge is 2.26. The number of ether oxygens (including phenoxy) is 1. The van der Waals surface area contributed by atoms with Crippen molar-refractivity contribution in [2.24, 2.45) is 5.92 Å². The van der Waals surface area contributed by atoms with Crippen LogP contribution in [0.3, 0.4) is 0 Å². The second-order valence-corrected chi connectivity index (χ2v) is 8.97. The predicted octanol–water partition coefficient (Wildman–Crippen LogP) is 2.61. The SMILES string of the molecule is COc1cccc2[nH]c(C(=O)NC(CC(C)C)C(=O)NC(C#N)Cc3cnc(N)s3)cc12. The number of nitrogens with zero attached hydrogens (tertiary/aromatic N) is 2. The Morgan fingerprint density at radius 2 is 2.12 bits per heavy atom. The number of fused-ring (bicyclic) bond motifs is 1. The second kappa shape index (κ2) is 10.2. The van der Waals surface area contributed by atoms with Crippen molar-refractivity contribution in [2.45, 2.75) is 38.8 Å². The summed E-state index contributed by atoms with van der Waals surface area (Å²) in [6, 6.07) is 7.71. The first-order valence-corrected chi connectivity index (χ1v) is 11.0. The van der Waals surface area contributed by atoms with E-state index in [9.17, 15) is 14.9 Å². The number of aromatic amines is 1. The highest BCUT2D eigenvalue weighted by Crippen LogP contribution is 2.26. The van der Waals surface area contributed by atoms with Crippen LogP contribution in [0.4, 0.5) is 5.13 Å². The first-order valence-electron chi connectivity index (χ1n) is 10.2. The molecule has 2 atom stereocenters. The minimum atomic E-state index is -0.793. The quantitative estimate of drug-likeness (QED) is 0.391. The molecule has 5 N–H and O–H groups in total. The molecule has 32 heavy (non-hydrogen) atoms. The summed E-state index contributed by atoms with van der Waals surface area (Å²) in [5.41, 5.74) is 6.71. The number of methoxy groups -OCH3 is 1. The Kier molecular flexibility index (Phi) is 7.33. The number of hydrogen-bond donors (Lipinski definition) is 4. The number of H-pyrrole nitrogens is 1. The van der Waals surface area contributed by atoms with Gasteiger partial charge in [0.1, 0.15) is 23.5 Å². The average molecular weight is 455 g/mol. The van der Waals surface area contributed by atoms with Crippen LogP contribution in [0.25, 0.3) is 10.9 Å². The lowest BCUT2D eigenvalue weighted by Gasteiger charge is -2.21. The normalized spacial score (nSPS) is 12.8. The summed E-state index contributed by atoms with van der Waals surface area (Å²) in [4.78, 5) is 33.7. The monoisotopic (exact) mass is 454 g/mol. The van der Waals surface area contributed by atoms with E-state index in [4.69, 9.17) is 10.5 Å². The van der Waals surface area contributed by atoms with Crippen molar-refractivity contribution in [3.8, 4) is 11.8 Å². The number of carbonyl (C=O) groups is 2. The number of thiazole rings is 1. The van der Waals surface area contributed by atoms with Crippen molar-refractivity contribution in [1.29, 1.82) is 5.26 Å². The number of rotatable bonds is 9. The lowest BCUT2D eigenvalue weighted by atomic mass is 10.0. The molecule has 0 aliphatic heterocycles. The van der Waals surface area contributed by atoms with Gasteiger partial charge in [0.05, 0.1) is 13.2 Å². The van der Waals surface area contributed by atoms with Crippen molar-refractivity contribution in [1.82, 2.24) is 20.6 Å². The molecule has 10 heteroatoms. The van der Waals surface area contributed by atoms with Crippen LogP contribution in [0.5, 0.6) is 5.75 Å². The number of nitrogens with two attached hydrogens (primary N) is 1. The Morgan fingerprint density at radius 3 is 2.75 bits per heavy atom. The van der Waals surface area contributed by atoms with Gasteiger partial charge in [0.2, 0.25) is 5.91 Å². The van der Waals surface area contributed by atoms with Crippen LogP contribution < -0.4 is 21.1 Å². The summed E-state index contributed by atoms with van der Waals surface area (Å²) in [6.45, 7) is 3.92. The zero-order valence-electron chi connectivity index (χ0n) is 18.1. The van der Waals surface area contributed by atoms with E-state index in [1.54, 1.807) is 19.4 Å². The van der Waals surface area contributed by atoms with Gasteiger partial charge in [-0.3, -0.25) is 9.59 Å². The average Bonchev–Trinajstić information content (AvgIpc) is 3.38. The smallest absolute Gasteiger partial charge is 0.268 e. The molecule has 2 amide bonds. The number of nitrogens with one attached hydrogen (secondary N) is 3. The molecule has 3 rings (SSSR count). The Bertz CT molecular complexity index is 1150. The fourth-order valence-electron chi connectivity index (χ4n) is 3.39. The lowest BCUT2D eigenvalue weighted by Crippen LogP contribution is -2.50. The first kappa shape index (κ1) is 23.1. The number of nitriles is 1. The largest absolute Gasteiger partial charge is 0.496 e. The fraction of sp³-hybridized carbons (Fsp3) is 0.364. The fourth-order valence-corrected chi connectivity index (χ4v) is 4.12. The number of nitrogen functional groups attached to an aromatic ring is 1. The summed E-state index contributed by atoms with van der Waals surface area (Å²) in [6.07, 6.45) is 2.31. The molecule has 9 nitrogen and oxygen atoms in total. The summed E-state index contributed by atoms with van der Waals surface area (Å²) >= 11 is 1.27. The van der Waals surface area contributed by atoms with E-state index in [1.165, 1.54) is 11.3 Å². The third-order valence-electron chi connectivity index (χ3n) is 4.87. The first-order chi connectivity index (χ1) is 15.3. The number of benzene rings is 1. The van der Waals surface area contributed by atoms with Crippen LogP contribution >= 0.6 is 11.3 Å². The van der Waals surface area contributed by atoms with E-state index in [-0.39, 0.29) is 5.92 Å². The van der Waals surface area contributed by atoms with Gasteiger partial charge in [0.15, 0.2) is 5.13 Å². The molecular formula is C22H26N6O3S. The zero-order valence-corrected chi connectivity index (χ0v) is 19.0. The van der Waals surface area contributed by atoms with Gasteiger partial charge in [-0.1, -0.05) is 19.9 Å². The summed E-state index contributed by atoms with van der Waals surface area (Å²) in [7, 11) is 1.57. The Hall–Kier alpha value is -3.58. The minimum absolute atomic E-state index is 0.149. The van der Waals surface area contributed by atoms with E-state index >= 15 is 0 Å². The molecular weight excluding hydrogens is 428 g/mol. The minimum Gasteiger partial charge on any atom is -0.496 e. The van der Waals surface area contributed by atoms with Gasteiger partial charge >= 0.3 is 0 Å². The second-order valence-electron chi connectivity index (χ2n) is 7.82. The summed E-state index contributed by atoms with van der Waals surface area (Å²) in [5, 5.41) is 16.2. The molecule has 1 aromatic carbocycles. The van der Waals surface area contributed by atoms with E-state index in [1.807, 2.05) is 32.0 Å². The van der Waals surface area contributed by atoms with Crippen molar-refractivity contribution in [2.75, 3.05) is 12.8 Å². The Morgan fingerprint density at radius 1 is 1.34 bits per heavy atom. The molecule has 0 bridgehead atoms. The third kappa shape index (κ3) is 5.56. The Balaban J connectivity index is 1.73. The van der Waals surface area contributed by atoms with Crippen LogP contribution in [0.2, 0.25) is 0 Å². The maximum Gasteiger partial charge on any atom is 0.268 e. The third-order valence-corrected chi connectivity index (χ3v) is 5.72. The van der Waals surface area contributed by atoms with Gasteiger partial charge in [0.25, 0.3) is 5.91 Å². The molecule has 0 aliphatic rings. The number of hydrogen-bond acceptors (Lipinski definition) is 7. The van der Waals surface area contributed by atoms with Gasteiger partial charge in [-0.05, 0) is 30.5 Å². The van der Waals surface area contributed by atoms with Crippen molar-refractivity contribution >= 4 is 39.2 Å². The van der Waals surface area contributed by atoms with Crippen LogP contribution in [0.15, 0.2) is 30.5 Å². The molecule has 2 unspecified atom stereocenters. The Labute approximate surface area is 190 Å². The van der Waals surface area contributed by atoms with Gasteiger partial charge in [0, 0.05) is 28.4 Å². The number of carbonyl (C=O) groups excluding carboxylic acids is 2. The molecule has 0 radical (unpaired) electrons. The van der Waals surface area contributed by atoms with Gasteiger partial charge in [-0.15, -0.1) is 11.3 Å². The van der Waals surface area contributed by atoms with Gasteiger partial charge < -0.3 is 26.1 Å². The number of amides is 2. The summed E-state index contributed by atoms with van der Waals surface area (Å²) < 4.78 is 5.34. The predicted molar refractivity (Wildman–Crippen MR) is 123 cm³/mol. The molecule has 168 valence electrons. The van der Waals surface area contributed by atoms with Crippen molar-refractivity contribution < 1.29 is 14.3 Å². The van der Waals surface area contributed by atoms with Crippen LogP contribution in [-0.4, -0.2) is 41.0 Å². The maximum absolute atomic E-state index is 12.9. The van der Waals surface area contributed by atoms with E-state index in [0.29, 0.717) is 29.4 Å². The standard InChI is InChI=1S/C22H26N6O3S/c1-12(2)7-17(20(29)26-13(10-23)8-14-11-25-22(24)32-14)28-21(30)18-9-15-16(27-18)5-4-6-19(15)31-3/h4-6,9,11-13,17,27H,7-8H2,1-3H3,(H2,24,25)(H,26,29)(H,28,30). The molecule has 3 aromatic rings. The number of anilines is 1. The molecule has 0 saturated carbocycles. The van der Waals surface area contributed by atoms with E-state index in [0.717, 1.165) is 15.8 Å². The highest BCUT2D eigenvalue weighted by atomic mass is 32.1. The van der Waals surface area contributed by atoms with Gasteiger partial charge in [-0.25, -0.2) is 4.98 Å². The van der Waals surface area contributed by atoms with Crippen LogP contribution in [-0.2, 0) is 11.2 Å². The molecule has 0 fully saturated rings. The topological polar surface area (TPSA) is 146 Å². The van der Waals surface area contributed by atoms with Crippen LogP contribution in [0.1, 0.15) is 35.6 Å². The number of aromatic nitrogens is 2. The van der Waals surface area contributed by atoms with Gasteiger partial charge in [-0.2, -0.15) is 5.26 Å².